The summed E-state index contributed by atoms with van der Waals surface area (Å²) in [5.74, 6) is -0.352. The molecule has 0 aliphatic carbocycles. The van der Waals surface area contributed by atoms with Crippen molar-refractivity contribution in [2.75, 3.05) is 7.11 Å². The van der Waals surface area contributed by atoms with E-state index in [9.17, 15) is 13.6 Å². The standard InChI is InChI=1S/C18H14F2N4O3/c1-26-12-4-2-3-10(5-12)8-24-9-14-13(18(24)25)6-11(7-21-14)16-22-23-17(27-16)15(19)20/h2-7,15H,8-9H2,1H3. The molecule has 0 fully saturated rings. The molecule has 138 valence electrons. The number of amides is 1. The first-order chi connectivity index (χ1) is 13.0. The Morgan fingerprint density at radius 3 is 2.89 bits per heavy atom. The van der Waals surface area contributed by atoms with Crippen LogP contribution in [0.5, 0.6) is 5.75 Å². The lowest BCUT2D eigenvalue weighted by Gasteiger charge is -2.15. The van der Waals surface area contributed by atoms with E-state index in [0.717, 1.165) is 5.56 Å². The van der Waals surface area contributed by atoms with Gasteiger partial charge in [0.2, 0.25) is 5.89 Å². The molecule has 1 aromatic carbocycles. The maximum Gasteiger partial charge on any atom is 0.314 e. The van der Waals surface area contributed by atoms with Crippen molar-refractivity contribution in [1.82, 2.24) is 20.1 Å². The normalized spacial score (nSPS) is 13.3. The summed E-state index contributed by atoms with van der Waals surface area (Å²) in [6, 6.07) is 8.99. The van der Waals surface area contributed by atoms with E-state index in [-0.39, 0.29) is 11.8 Å². The number of pyridine rings is 1. The van der Waals surface area contributed by atoms with Crippen molar-refractivity contribution in [3.63, 3.8) is 0 Å². The van der Waals surface area contributed by atoms with Gasteiger partial charge in [-0.05, 0) is 23.8 Å². The lowest BCUT2D eigenvalue weighted by atomic mass is 10.1. The van der Waals surface area contributed by atoms with E-state index < -0.39 is 12.3 Å². The Hall–Kier alpha value is -3.36. The first-order valence-corrected chi connectivity index (χ1v) is 8.08. The molecule has 1 aliphatic rings. The van der Waals surface area contributed by atoms with Gasteiger partial charge in [0.05, 0.1) is 30.5 Å². The number of methoxy groups -OCH3 is 1. The minimum absolute atomic E-state index is 0.0976. The number of nitrogens with zero attached hydrogens (tertiary/aromatic N) is 4. The number of hydrogen-bond acceptors (Lipinski definition) is 6. The van der Waals surface area contributed by atoms with Crippen LogP contribution < -0.4 is 4.74 Å². The van der Waals surface area contributed by atoms with E-state index in [1.165, 1.54) is 6.20 Å². The van der Waals surface area contributed by atoms with Crippen LogP contribution in [0.2, 0.25) is 0 Å². The van der Waals surface area contributed by atoms with Crippen molar-refractivity contribution >= 4 is 5.91 Å². The number of halogens is 2. The molecule has 3 heterocycles. The number of hydrogen-bond donors (Lipinski definition) is 0. The molecule has 0 atom stereocenters. The summed E-state index contributed by atoms with van der Waals surface area (Å²) in [4.78, 5) is 18.6. The van der Waals surface area contributed by atoms with Crippen molar-refractivity contribution in [2.24, 2.45) is 0 Å². The van der Waals surface area contributed by atoms with Crippen molar-refractivity contribution in [3.8, 4) is 17.2 Å². The third-order valence-electron chi connectivity index (χ3n) is 4.21. The van der Waals surface area contributed by atoms with E-state index in [1.54, 1.807) is 18.1 Å². The minimum atomic E-state index is -2.85. The maximum atomic E-state index is 12.7. The number of rotatable bonds is 5. The molecule has 4 rings (SSSR count). The highest BCUT2D eigenvalue weighted by molar-refractivity contribution is 5.98. The predicted molar refractivity (Wildman–Crippen MR) is 89.1 cm³/mol. The third kappa shape index (κ3) is 3.23. The van der Waals surface area contributed by atoms with E-state index in [0.29, 0.717) is 35.7 Å². The molecule has 27 heavy (non-hydrogen) atoms. The number of ether oxygens (including phenoxy) is 1. The monoisotopic (exact) mass is 372 g/mol. The first kappa shape index (κ1) is 17.1. The Bertz CT molecular complexity index is 1010. The number of fused-ring (bicyclic) bond motifs is 1. The zero-order valence-electron chi connectivity index (χ0n) is 14.2. The molecule has 7 nitrogen and oxygen atoms in total. The van der Waals surface area contributed by atoms with Gasteiger partial charge in [-0.2, -0.15) is 8.78 Å². The van der Waals surface area contributed by atoms with Gasteiger partial charge in [-0.15, -0.1) is 10.2 Å². The van der Waals surface area contributed by atoms with Gasteiger partial charge >= 0.3 is 6.43 Å². The summed E-state index contributed by atoms with van der Waals surface area (Å²) >= 11 is 0. The van der Waals surface area contributed by atoms with Gasteiger partial charge < -0.3 is 14.1 Å². The second kappa shape index (κ2) is 6.75. The van der Waals surface area contributed by atoms with Gasteiger partial charge in [0, 0.05) is 12.7 Å². The zero-order chi connectivity index (χ0) is 19.0. The number of carbonyl (C=O) groups excluding carboxylic acids is 1. The number of aromatic nitrogens is 3. The molecule has 0 bridgehead atoms. The lowest BCUT2D eigenvalue weighted by Crippen LogP contribution is -2.23. The van der Waals surface area contributed by atoms with Crippen molar-refractivity contribution in [1.29, 1.82) is 0 Å². The number of carbonyl (C=O) groups is 1. The molecule has 9 heteroatoms. The highest BCUT2D eigenvalue weighted by atomic mass is 19.3. The summed E-state index contributed by atoms with van der Waals surface area (Å²) in [5.41, 5.74) is 2.26. The van der Waals surface area contributed by atoms with Gasteiger partial charge in [-0.25, -0.2) is 0 Å². The van der Waals surface area contributed by atoms with E-state index in [1.807, 2.05) is 24.3 Å². The summed E-state index contributed by atoms with van der Waals surface area (Å²) in [7, 11) is 1.58. The van der Waals surface area contributed by atoms with Crippen molar-refractivity contribution < 1.29 is 22.7 Å². The van der Waals surface area contributed by atoms with Crippen molar-refractivity contribution in [3.05, 3.63) is 59.2 Å². The quantitative estimate of drug-likeness (QED) is 0.684. The third-order valence-corrected chi connectivity index (χ3v) is 4.21. The van der Waals surface area contributed by atoms with Crippen LogP contribution >= 0.6 is 0 Å². The van der Waals surface area contributed by atoms with E-state index in [4.69, 9.17) is 9.15 Å². The highest BCUT2D eigenvalue weighted by Crippen LogP contribution is 2.29. The maximum absolute atomic E-state index is 12.7. The number of alkyl halides is 2. The predicted octanol–water partition coefficient (Wildman–Crippen LogP) is 3.23. The smallest absolute Gasteiger partial charge is 0.314 e. The summed E-state index contributed by atoms with van der Waals surface area (Å²) in [6.07, 6.45) is -1.42. The Morgan fingerprint density at radius 1 is 1.30 bits per heavy atom. The molecule has 1 amide bonds. The highest BCUT2D eigenvalue weighted by Gasteiger charge is 2.30. The van der Waals surface area contributed by atoms with Gasteiger partial charge in [-0.1, -0.05) is 12.1 Å². The minimum Gasteiger partial charge on any atom is -0.497 e. The Kier molecular flexibility index (Phi) is 4.27. The van der Waals surface area contributed by atoms with Crippen LogP contribution in [0.3, 0.4) is 0 Å². The van der Waals surface area contributed by atoms with Crippen LogP contribution in [0.4, 0.5) is 8.78 Å². The molecule has 2 aromatic heterocycles. The molecule has 0 radical (unpaired) electrons. The molecular weight excluding hydrogens is 358 g/mol. The van der Waals surface area contributed by atoms with Crippen molar-refractivity contribution in [2.45, 2.75) is 19.5 Å². The summed E-state index contributed by atoms with van der Waals surface area (Å²) < 4.78 is 35.3. The Morgan fingerprint density at radius 2 is 2.15 bits per heavy atom. The molecule has 0 N–H and O–H groups in total. The molecule has 0 saturated heterocycles. The lowest BCUT2D eigenvalue weighted by molar-refractivity contribution is 0.0766. The second-order valence-corrected chi connectivity index (χ2v) is 5.98. The topological polar surface area (TPSA) is 81.3 Å². The molecule has 0 spiro atoms. The molecule has 0 saturated carbocycles. The van der Waals surface area contributed by atoms with Crippen LogP contribution in [0.1, 0.15) is 33.9 Å². The van der Waals surface area contributed by atoms with Gasteiger partial charge in [-0.3, -0.25) is 9.78 Å². The van der Waals surface area contributed by atoms with Crippen LogP contribution in [0.15, 0.2) is 40.9 Å². The average Bonchev–Trinajstić information content (AvgIpc) is 3.28. The SMILES string of the molecule is COc1cccc(CN2Cc3ncc(-c4nnc(C(F)F)o4)cc3C2=O)c1. The van der Waals surface area contributed by atoms with E-state index >= 15 is 0 Å². The van der Waals surface area contributed by atoms with Gasteiger partial charge in [0.15, 0.2) is 0 Å². The molecule has 3 aromatic rings. The fourth-order valence-corrected chi connectivity index (χ4v) is 2.90. The molecule has 1 aliphatic heterocycles. The second-order valence-electron chi connectivity index (χ2n) is 5.98. The zero-order valence-corrected chi connectivity index (χ0v) is 14.2. The van der Waals surface area contributed by atoms with Gasteiger partial charge in [0.1, 0.15) is 5.75 Å². The van der Waals surface area contributed by atoms with E-state index in [2.05, 4.69) is 15.2 Å². The Balaban J connectivity index is 1.57. The van der Waals surface area contributed by atoms with Crippen LogP contribution in [-0.2, 0) is 13.1 Å². The van der Waals surface area contributed by atoms with Crippen LogP contribution in [0.25, 0.3) is 11.5 Å². The summed E-state index contributed by atoms with van der Waals surface area (Å²) in [6.45, 7) is 0.760. The first-order valence-electron chi connectivity index (χ1n) is 8.08. The number of benzene rings is 1. The summed E-state index contributed by atoms with van der Waals surface area (Å²) in [5, 5.41) is 6.88. The van der Waals surface area contributed by atoms with Crippen LogP contribution in [-0.4, -0.2) is 33.1 Å². The fourth-order valence-electron chi connectivity index (χ4n) is 2.90. The van der Waals surface area contributed by atoms with Gasteiger partial charge in [0.25, 0.3) is 11.8 Å². The molecule has 0 unspecified atom stereocenters. The van der Waals surface area contributed by atoms with Crippen LogP contribution in [0, 0.1) is 0 Å². The molecular formula is C18H14F2N4O3. The average molecular weight is 372 g/mol. The largest absolute Gasteiger partial charge is 0.497 e. The Labute approximate surface area is 152 Å². The fraction of sp³-hybridized carbons (Fsp3) is 0.222.